The SMILES string of the molecule is CC(C)(C)OCc1cccc(CNC(=O)NCC(=O)Nc2ccc(Cl)cc2)c1. The van der Waals surface area contributed by atoms with Gasteiger partial charge in [0.05, 0.1) is 18.8 Å². The van der Waals surface area contributed by atoms with Gasteiger partial charge in [-0.05, 0) is 56.2 Å². The summed E-state index contributed by atoms with van der Waals surface area (Å²) in [5.41, 5.74) is 2.40. The van der Waals surface area contributed by atoms with Crippen LogP contribution in [0.25, 0.3) is 0 Å². The van der Waals surface area contributed by atoms with E-state index in [2.05, 4.69) is 16.0 Å². The van der Waals surface area contributed by atoms with Gasteiger partial charge in [-0.2, -0.15) is 0 Å². The van der Waals surface area contributed by atoms with Crippen molar-refractivity contribution >= 4 is 29.2 Å². The van der Waals surface area contributed by atoms with E-state index in [4.69, 9.17) is 16.3 Å². The largest absolute Gasteiger partial charge is 0.371 e. The maximum atomic E-state index is 11.9. The topological polar surface area (TPSA) is 79.5 Å². The van der Waals surface area contributed by atoms with E-state index in [0.29, 0.717) is 23.9 Å². The van der Waals surface area contributed by atoms with Crippen LogP contribution in [0.15, 0.2) is 48.5 Å². The van der Waals surface area contributed by atoms with E-state index < -0.39 is 6.03 Å². The predicted octanol–water partition coefficient (Wildman–Crippen LogP) is 4.09. The van der Waals surface area contributed by atoms with Crippen molar-refractivity contribution in [2.75, 3.05) is 11.9 Å². The van der Waals surface area contributed by atoms with E-state index in [9.17, 15) is 9.59 Å². The summed E-state index contributed by atoms with van der Waals surface area (Å²) in [6.07, 6.45) is 0. The maximum absolute atomic E-state index is 11.9. The van der Waals surface area contributed by atoms with Crippen LogP contribution in [0.4, 0.5) is 10.5 Å². The van der Waals surface area contributed by atoms with Crippen molar-refractivity contribution in [3.05, 3.63) is 64.7 Å². The number of anilines is 1. The molecular formula is C21H26ClN3O3. The fraction of sp³-hybridized carbons (Fsp3) is 0.333. The molecule has 2 aromatic carbocycles. The molecule has 6 nitrogen and oxygen atoms in total. The smallest absolute Gasteiger partial charge is 0.315 e. The van der Waals surface area contributed by atoms with Crippen molar-refractivity contribution in [1.82, 2.24) is 10.6 Å². The Morgan fingerprint density at radius 2 is 1.68 bits per heavy atom. The molecule has 0 spiro atoms. The Labute approximate surface area is 170 Å². The number of hydrogen-bond acceptors (Lipinski definition) is 3. The average Bonchev–Trinajstić information content (AvgIpc) is 2.65. The second kappa shape index (κ2) is 10.1. The molecule has 0 aromatic heterocycles. The Morgan fingerprint density at radius 3 is 2.36 bits per heavy atom. The molecule has 0 radical (unpaired) electrons. The van der Waals surface area contributed by atoms with Gasteiger partial charge < -0.3 is 20.7 Å². The summed E-state index contributed by atoms with van der Waals surface area (Å²) >= 11 is 5.80. The Bertz CT molecular complexity index is 801. The first-order valence-electron chi connectivity index (χ1n) is 9.00. The van der Waals surface area contributed by atoms with Gasteiger partial charge in [0.1, 0.15) is 0 Å². The monoisotopic (exact) mass is 403 g/mol. The van der Waals surface area contributed by atoms with E-state index in [1.807, 2.05) is 45.0 Å². The van der Waals surface area contributed by atoms with Gasteiger partial charge in [0, 0.05) is 17.3 Å². The van der Waals surface area contributed by atoms with Crippen LogP contribution in [-0.4, -0.2) is 24.1 Å². The van der Waals surface area contributed by atoms with E-state index in [1.54, 1.807) is 24.3 Å². The number of rotatable bonds is 7. The summed E-state index contributed by atoms with van der Waals surface area (Å²) in [5.74, 6) is -0.321. The average molecular weight is 404 g/mol. The van der Waals surface area contributed by atoms with Gasteiger partial charge in [-0.15, -0.1) is 0 Å². The zero-order chi connectivity index (χ0) is 20.6. The second-order valence-electron chi connectivity index (χ2n) is 7.31. The van der Waals surface area contributed by atoms with Crippen LogP contribution in [0.1, 0.15) is 31.9 Å². The predicted molar refractivity (Wildman–Crippen MR) is 111 cm³/mol. The first-order chi connectivity index (χ1) is 13.2. The molecule has 0 fully saturated rings. The van der Waals surface area contributed by atoms with Crippen molar-refractivity contribution in [1.29, 1.82) is 0 Å². The molecule has 0 bridgehead atoms. The lowest BCUT2D eigenvalue weighted by Gasteiger charge is -2.19. The molecule has 0 aliphatic heterocycles. The summed E-state index contributed by atoms with van der Waals surface area (Å²) in [4.78, 5) is 23.8. The molecule has 0 heterocycles. The van der Waals surface area contributed by atoms with Gasteiger partial charge in [-0.1, -0.05) is 35.9 Å². The van der Waals surface area contributed by atoms with Crippen LogP contribution in [0.5, 0.6) is 0 Å². The molecule has 0 unspecified atom stereocenters. The number of hydrogen-bond donors (Lipinski definition) is 3. The van der Waals surface area contributed by atoms with Gasteiger partial charge in [0.2, 0.25) is 5.91 Å². The third kappa shape index (κ3) is 8.41. The van der Waals surface area contributed by atoms with Crippen molar-refractivity contribution in [2.24, 2.45) is 0 Å². The molecule has 0 saturated heterocycles. The zero-order valence-corrected chi connectivity index (χ0v) is 17.1. The maximum Gasteiger partial charge on any atom is 0.315 e. The van der Waals surface area contributed by atoms with Gasteiger partial charge >= 0.3 is 6.03 Å². The normalized spacial score (nSPS) is 11.0. The standard InChI is InChI=1S/C21H26ClN3O3/c1-21(2,3)28-14-16-6-4-5-15(11-16)12-23-20(27)24-13-19(26)25-18-9-7-17(22)8-10-18/h4-11H,12-14H2,1-3H3,(H,25,26)(H2,23,24,27). The number of carbonyl (C=O) groups is 2. The molecule has 150 valence electrons. The van der Waals surface area contributed by atoms with Crippen LogP contribution in [0.3, 0.4) is 0 Å². The summed E-state index contributed by atoms with van der Waals surface area (Å²) in [5, 5.41) is 8.53. The molecule has 2 rings (SSSR count). The number of benzene rings is 2. The quantitative estimate of drug-likeness (QED) is 0.651. The fourth-order valence-corrected chi connectivity index (χ4v) is 2.40. The number of carbonyl (C=O) groups excluding carboxylic acids is 2. The highest BCUT2D eigenvalue weighted by Crippen LogP contribution is 2.14. The van der Waals surface area contributed by atoms with Gasteiger partial charge in [0.15, 0.2) is 0 Å². The van der Waals surface area contributed by atoms with Crippen molar-refractivity contribution in [3.63, 3.8) is 0 Å². The molecule has 3 N–H and O–H groups in total. The number of amides is 3. The fourth-order valence-electron chi connectivity index (χ4n) is 2.27. The van der Waals surface area contributed by atoms with Crippen LogP contribution in [-0.2, 0) is 22.7 Å². The summed E-state index contributed by atoms with van der Waals surface area (Å²) in [6.45, 7) is 6.75. The molecule has 3 amide bonds. The molecule has 7 heteroatoms. The summed E-state index contributed by atoms with van der Waals surface area (Å²) in [7, 11) is 0. The van der Waals surface area contributed by atoms with Crippen molar-refractivity contribution < 1.29 is 14.3 Å². The van der Waals surface area contributed by atoms with Gasteiger partial charge in [-0.3, -0.25) is 4.79 Å². The minimum atomic E-state index is -0.414. The number of ether oxygens (including phenoxy) is 1. The Morgan fingerprint density at radius 1 is 1.00 bits per heavy atom. The lowest BCUT2D eigenvalue weighted by atomic mass is 10.1. The van der Waals surface area contributed by atoms with Crippen molar-refractivity contribution in [3.8, 4) is 0 Å². The van der Waals surface area contributed by atoms with Gasteiger partial charge in [0.25, 0.3) is 0 Å². The molecule has 0 atom stereocenters. The van der Waals surface area contributed by atoms with Crippen LogP contribution in [0, 0.1) is 0 Å². The first-order valence-corrected chi connectivity index (χ1v) is 9.38. The third-order valence-corrected chi connectivity index (χ3v) is 3.91. The Balaban J connectivity index is 1.73. The highest BCUT2D eigenvalue weighted by Gasteiger charge is 2.10. The lowest BCUT2D eigenvalue weighted by molar-refractivity contribution is -0.115. The van der Waals surface area contributed by atoms with Crippen LogP contribution < -0.4 is 16.0 Å². The molecule has 0 aliphatic rings. The minimum Gasteiger partial charge on any atom is -0.371 e. The third-order valence-electron chi connectivity index (χ3n) is 3.65. The molecule has 28 heavy (non-hydrogen) atoms. The van der Waals surface area contributed by atoms with Crippen LogP contribution in [0.2, 0.25) is 5.02 Å². The number of nitrogens with one attached hydrogen (secondary N) is 3. The zero-order valence-electron chi connectivity index (χ0n) is 16.3. The van der Waals surface area contributed by atoms with E-state index in [1.165, 1.54) is 0 Å². The number of halogens is 1. The van der Waals surface area contributed by atoms with E-state index >= 15 is 0 Å². The van der Waals surface area contributed by atoms with E-state index in [-0.39, 0.29) is 18.1 Å². The molecular weight excluding hydrogens is 378 g/mol. The van der Waals surface area contributed by atoms with Crippen molar-refractivity contribution in [2.45, 2.75) is 39.5 Å². The lowest BCUT2D eigenvalue weighted by Crippen LogP contribution is -2.39. The summed E-state index contributed by atoms with van der Waals surface area (Å²) in [6, 6.07) is 14.1. The van der Waals surface area contributed by atoms with E-state index in [0.717, 1.165) is 11.1 Å². The summed E-state index contributed by atoms with van der Waals surface area (Å²) < 4.78 is 5.76. The molecule has 0 aliphatic carbocycles. The Kier molecular flexibility index (Phi) is 7.84. The molecule has 0 saturated carbocycles. The Hall–Kier alpha value is -2.57. The second-order valence-corrected chi connectivity index (χ2v) is 7.75. The minimum absolute atomic E-state index is 0.131. The highest BCUT2D eigenvalue weighted by atomic mass is 35.5. The van der Waals surface area contributed by atoms with Gasteiger partial charge in [-0.25, -0.2) is 4.79 Å². The molecule has 2 aromatic rings. The first kappa shape index (κ1) is 21.7. The van der Waals surface area contributed by atoms with Crippen LogP contribution >= 0.6 is 11.6 Å². The highest BCUT2D eigenvalue weighted by molar-refractivity contribution is 6.30. The number of urea groups is 1.